The van der Waals surface area contributed by atoms with Crippen molar-refractivity contribution in [3.05, 3.63) is 249 Å². The summed E-state index contributed by atoms with van der Waals surface area (Å²) >= 11 is 0. The van der Waals surface area contributed by atoms with Crippen LogP contribution in [-0.4, -0.2) is 4.57 Å². The van der Waals surface area contributed by atoms with Crippen molar-refractivity contribution >= 4 is 77.9 Å². The first-order valence-electron chi connectivity index (χ1n) is 21.8. The molecule has 0 amide bonds. The van der Waals surface area contributed by atoms with Crippen LogP contribution in [-0.2, 0) is 0 Å². The Morgan fingerprint density at radius 2 is 0.781 bits per heavy atom. The normalized spacial score (nSPS) is 11.4. The number of hydrogen-bond acceptors (Lipinski definition) is 3. The third-order valence-corrected chi connectivity index (χ3v) is 12.3. The highest BCUT2D eigenvalue weighted by Crippen LogP contribution is 2.47. The van der Waals surface area contributed by atoms with Gasteiger partial charge in [-0.25, -0.2) is 0 Å². The van der Waals surface area contributed by atoms with E-state index in [0.29, 0.717) is 0 Å². The van der Waals surface area contributed by atoms with Crippen molar-refractivity contribution in [2.45, 2.75) is 0 Å². The Morgan fingerprint density at radius 3 is 1.45 bits per heavy atom. The molecule has 4 heteroatoms. The number of benzene rings is 10. The molecule has 2 aromatic heterocycles. The van der Waals surface area contributed by atoms with Crippen molar-refractivity contribution in [3.8, 4) is 27.9 Å². The van der Waals surface area contributed by atoms with Gasteiger partial charge in [0.1, 0.15) is 11.2 Å². The Balaban J connectivity index is 1.05. The molecule has 10 aromatic carbocycles. The SMILES string of the molecule is c1ccc(-c2ccc(-n3c4ccccc4c4c(N(c5ccccc5)c5ccccc5)cc(-c5ccc(N(c6ccccc6)c6ccc7c(c6)oc6ccccc67)cc5)cc43)cc2)cc1. The number of fused-ring (bicyclic) bond motifs is 6. The molecule has 12 aromatic rings. The van der Waals surface area contributed by atoms with Crippen molar-refractivity contribution < 1.29 is 4.42 Å². The predicted molar refractivity (Wildman–Crippen MR) is 268 cm³/mol. The van der Waals surface area contributed by atoms with E-state index in [1.807, 2.05) is 12.1 Å². The van der Waals surface area contributed by atoms with E-state index in [0.717, 1.165) is 83.9 Å². The zero-order valence-electron chi connectivity index (χ0n) is 34.9. The van der Waals surface area contributed by atoms with Crippen LogP contribution in [0.5, 0.6) is 0 Å². The standard InChI is InChI=1S/C60H41N3O/c1-5-17-42(18-6-1)43-29-35-50(36-30-43)63-55-27-15-13-26-54(55)60-56(62(47-21-9-3-10-22-47)48-23-11-4-12-24-48)39-45(40-57(60)63)44-31-33-49(34-32-44)61(46-19-7-2-8-20-46)51-37-38-53-52-25-14-16-28-58(52)64-59(53)41-51/h1-41H. The van der Waals surface area contributed by atoms with Gasteiger partial charge in [-0.05, 0) is 119 Å². The minimum absolute atomic E-state index is 0.864. The molecule has 0 radical (unpaired) electrons. The summed E-state index contributed by atoms with van der Waals surface area (Å²) in [4.78, 5) is 4.70. The van der Waals surface area contributed by atoms with Crippen LogP contribution in [0.15, 0.2) is 253 Å². The Bertz CT molecular complexity index is 3540. The van der Waals surface area contributed by atoms with Crippen LogP contribution in [0.1, 0.15) is 0 Å². The third-order valence-electron chi connectivity index (χ3n) is 12.3. The first-order valence-corrected chi connectivity index (χ1v) is 21.8. The highest BCUT2D eigenvalue weighted by molar-refractivity contribution is 6.18. The summed E-state index contributed by atoms with van der Waals surface area (Å²) < 4.78 is 8.81. The van der Waals surface area contributed by atoms with Gasteiger partial charge in [0.25, 0.3) is 0 Å². The lowest BCUT2D eigenvalue weighted by Gasteiger charge is -2.27. The Hall–Kier alpha value is -8.60. The van der Waals surface area contributed by atoms with E-state index >= 15 is 0 Å². The number of nitrogens with zero attached hydrogens (tertiary/aromatic N) is 3. The number of hydrogen-bond donors (Lipinski definition) is 0. The van der Waals surface area contributed by atoms with Crippen LogP contribution in [0.2, 0.25) is 0 Å². The summed E-state index contributed by atoms with van der Waals surface area (Å²) in [7, 11) is 0. The molecule has 2 heterocycles. The summed E-state index contributed by atoms with van der Waals surface area (Å²) in [6.45, 7) is 0. The average molecular weight is 820 g/mol. The molecule has 0 saturated carbocycles. The molecule has 64 heavy (non-hydrogen) atoms. The number of para-hydroxylation sites is 5. The second kappa shape index (κ2) is 15.7. The second-order valence-electron chi connectivity index (χ2n) is 16.2. The lowest BCUT2D eigenvalue weighted by Crippen LogP contribution is -2.10. The molecule has 12 rings (SSSR count). The molecule has 0 aliphatic rings. The van der Waals surface area contributed by atoms with Gasteiger partial charge >= 0.3 is 0 Å². The van der Waals surface area contributed by atoms with Gasteiger partial charge in [0.05, 0.1) is 16.7 Å². The summed E-state index contributed by atoms with van der Waals surface area (Å²) in [6.07, 6.45) is 0. The molecule has 0 N–H and O–H groups in total. The highest BCUT2D eigenvalue weighted by Gasteiger charge is 2.23. The smallest absolute Gasteiger partial charge is 0.137 e. The maximum absolute atomic E-state index is 6.38. The summed E-state index contributed by atoms with van der Waals surface area (Å²) in [5, 5.41) is 4.61. The maximum atomic E-state index is 6.38. The first kappa shape index (κ1) is 37.2. The third kappa shape index (κ3) is 6.48. The largest absolute Gasteiger partial charge is 0.456 e. The van der Waals surface area contributed by atoms with E-state index in [2.05, 4.69) is 251 Å². The Morgan fingerprint density at radius 1 is 0.297 bits per heavy atom. The summed E-state index contributed by atoms with van der Waals surface area (Å²) in [5.41, 5.74) is 16.2. The minimum atomic E-state index is 0.864. The van der Waals surface area contributed by atoms with Crippen LogP contribution in [0.4, 0.5) is 34.1 Å². The number of rotatable bonds is 9. The number of aromatic nitrogens is 1. The lowest BCUT2D eigenvalue weighted by molar-refractivity contribution is 0.669. The van der Waals surface area contributed by atoms with Crippen LogP contribution in [0.3, 0.4) is 0 Å². The Kier molecular flexibility index (Phi) is 9.12. The molecule has 302 valence electrons. The van der Waals surface area contributed by atoms with E-state index in [-0.39, 0.29) is 0 Å². The van der Waals surface area contributed by atoms with E-state index < -0.39 is 0 Å². The summed E-state index contributed by atoms with van der Waals surface area (Å²) in [6, 6.07) is 88.8. The monoisotopic (exact) mass is 819 g/mol. The average Bonchev–Trinajstić information content (AvgIpc) is 3.91. The van der Waals surface area contributed by atoms with Gasteiger partial charge in [-0.15, -0.1) is 0 Å². The van der Waals surface area contributed by atoms with Gasteiger partial charge in [0.15, 0.2) is 0 Å². The zero-order chi connectivity index (χ0) is 42.4. The summed E-state index contributed by atoms with van der Waals surface area (Å²) in [5.74, 6) is 0. The zero-order valence-corrected chi connectivity index (χ0v) is 34.9. The van der Waals surface area contributed by atoms with Crippen LogP contribution >= 0.6 is 0 Å². The molecular formula is C60H41N3O. The molecule has 0 atom stereocenters. The molecule has 0 unspecified atom stereocenters. The highest BCUT2D eigenvalue weighted by atomic mass is 16.3. The maximum Gasteiger partial charge on any atom is 0.137 e. The Labute approximate surface area is 371 Å². The van der Waals surface area contributed by atoms with Crippen LogP contribution in [0, 0.1) is 0 Å². The number of anilines is 6. The molecule has 0 fully saturated rings. The van der Waals surface area contributed by atoms with Gasteiger partial charge in [-0.3, -0.25) is 0 Å². The quantitative estimate of drug-likeness (QED) is 0.145. The second-order valence-corrected chi connectivity index (χ2v) is 16.2. The van der Waals surface area contributed by atoms with Gasteiger partial charge in [0, 0.05) is 61.7 Å². The molecule has 0 aliphatic carbocycles. The molecule has 4 nitrogen and oxygen atoms in total. The van der Waals surface area contributed by atoms with Gasteiger partial charge in [-0.2, -0.15) is 0 Å². The molecule has 0 spiro atoms. The van der Waals surface area contributed by atoms with E-state index in [1.54, 1.807) is 0 Å². The molecule has 0 bridgehead atoms. The lowest BCUT2D eigenvalue weighted by atomic mass is 9.99. The fourth-order valence-corrected chi connectivity index (χ4v) is 9.39. The first-order chi connectivity index (χ1) is 31.7. The van der Waals surface area contributed by atoms with Crippen molar-refractivity contribution in [2.75, 3.05) is 9.80 Å². The van der Waals surface area contributed by atoms with Gasteiger partial charge in [0.2, 0.25) is 0 Å². The van der Waals surface area contributed by atoms with Crippen LogP contribution < -0.4 is 9.80 Å². The van der Waals surface area contributed by atoms with Gasteiger partial charge in [-0.1, -0.05) is 146 Å². The number of furan rings is 1. The van der Waals surface area contributed by atoms with Crippen molar-refractivity contribution in [1.29, 1.82) is 0 Å². The van der Waals surface area contributed by atoms with Crippen LogP contribution in [0.25, 0.3) is 71.7 Å². The molecule has 0 saturated heterocycles. The minimum Gasteiger partial charge on any atom is -0.456 e. The van der Waals surface area contributed by atoms with Gasteiger partial charge < -0.3 is 18.8 Å². The molecular weight excluding hydrogens is 779 g/mol. The van der Waals surface area contributed by atoms with Crippen molar-refractivity contribution in [3.63, 3.8) is 0 Å². The fraction of sp³-hybridized carbons (Fsp3) is 0. The van der Waals surface area contributed by atoms with E-state index in [4.69, 9.17) is 4.42 Å². The van der Waals surface area contributed by atoms with E-state index in [9.17, 15) is 0 Å². The van der Waals surface area contributed by atoms with E-state index in [1.165, 1.54) is 21.9 Å². The van der Waals surface area contributed by atoms with Crippen molar-refractivity contribution in [1.82, 2.24) is 4.57 Å². The van der Waals surface area contributed by atoms with Crippen molar-refractivity contribution in [2.24, 2.45) is 0 Å². The predicted octanol–water partition coefficient (Wildman–Crippen LogP) is 17.0. The topological polar surface area (TPSA) is 24.6 Å². The molecule has 0 aliphatic heterocycles. The fourth-order valence-electron chi connectivity index (χ4n) is 9.39.